The maximum absolute atomic E-state index is 11.6. The second-order valence-electron chi connectivity index (χ2n) is 5.21. The molecule has 0 atom stereocenters. The first-order valence-electron chi connectivity index (χ1n) is 7.42. The molecular formula is C15H18N4O4. The van der Waals surface area contributed by atoms with Crippen molar-refractivity contribution in [2.75, 3.05) is 25.0 Å². The van der Waals surface area contributed by atoms with Crippen LogP contribution in [0.3, 0.4) is 0 Å². The molecule has 1 heterocycles. The Morgan fingerprint density at radius 3 is 2.78 bits per heavy atom. The Kier molecular flexibility index (Phi) is 5.36. The number of ether oxygens (including phenoxy) is 1. The first-order valence-corrected chi connectivity index (χ1v) is 7.42. The van der Waals surface area contributed by atoms with E-state index < -0.39 is 4.92 Å². The summed E-state index contributed by atoms with van der Waals surface area (Å²) in [5.41, 5.74) is 0.528. The number of hydrogen-bond donors (Lipinski definition) is 1. The van der Waals surface area contributed by atoms with Crippen LogP contribution >= 0.6 is 0 Å². The Balaban J connectivity index is 2.00. The highest BCUT2D eigenvalue weighted by molar-refractivity contribution is 5.68. The van der Waals surface area contributed by atoms with E-state index >= 15 is 0 Å². The lowest BCUT2D eigenvalue weighted by Gasteiger charge is -2.32. The molecule has 1 aliphatic heterocycles. The lowest BCUT2D eigenvalue weighted by Crippen LogP contribution is -2.42. The molecule has 2 rings (SSSR count). The number of amides is 1. The number of carbonyl (C=O) groups is 1. The third-order valence-corrected chi connectivity index (χ3v) is 3.70. The average Bonchev–Trinajstić information content (AvgIpc) is 2.56. The van der Waals surface area contributed by atoms with E-state index in [4.69, 9.17) is 10.00 Å². The molecule has 1 N–H and O–H groups in total. The third-order valence-electron chi connectivity index (χ3n) is 3.70. The van der Waals surface area contributed by atoms with E-state index in [1.54, 1.807) is 24.0 Å². The smallest absolute Gasteiger partial charge is 0.409 e. The molecule has 0 saturated carbocycles. The minimum absolute atomic E-state index is 0.0345. The van der Waals surface area contributed by atoms with Crippen molar-refractivity contribution in [3.8, 4) is 6.07 Å². The van der Waals surface area contributed by atoms with Crippen molar-refractivity contribution >= 4 is 17.5 Å². The van der Waals surface area contributed by atoms with Crippen LogP contribution in [0.5, 0.6) is 0 Å². The topological polar surface area (TPSA) is 108 Å². The molecule has 0 bridgehead atoms. The van der Waals surface area contributed by atoms with Crippen LogP contribution < -0.4 is 5.32 Å². The van der Waals surface area contributed by atoms with E-state index in [9.17, 15) is 14.9 Å². The zero-order valence-corrected chi connectivity index (χ0v) is 12.8. The zero-order chi connectivity index (χ0) is 16.8. The van der Waals surface area contributed by atoms with Crippen LogP contribution in [-0.2, 0) is 4.74 Å². The van der Waals surface area contributed by atoms with Gasteiger partial charge in [0.2, 0.25) is 0 Å². The summed E-state index contributed by atoms with van der Waals surface area (Å²) in [4.78, 5) is 23.9. The molecule has 0 radical (unpaired) electrons. The quantitative estimate of drug-likeness (QED) is 0.675. The lowest BCUT2D eigenvalue weighted by atomic mass is 10.0. The van der Waals surface area contributed by atoms with Gasteiger partial charge < -0.3 is 15.0 Å². The van der Waals surface area contributed by atoms with Crippen LogP contribution in [0.2, 0.25) is 0 Å². The summed E-state index contributed by atoms with van der Waals surface area (Å²) < 4.78 is 4.96. The van der Waals surface area contributed by atoms with Crippen LogP contribution in [0.25, 0.3) is 0 Å². The van der Waals surface area contributed by atoms with Crippen LogP contribution in [-0.4, -0.2) is 41.7 Å². The molecule has 0 unspecified atom stereocenters. The van der Waals surface area contributed by atoms with E-state index in [-0.39, 0.29) is 23.4 Å². The second kappa shape index (κ2) is 7.45. The zero-order valence-electron chi connectivity index (χ0n) is 12.8. The first kappa shape index (κ1) is 16.5. The molecule has 0 aromatic heterocycles. The largest absolute Gasteiger partial charge is 0.450 e. The number of hydrogen-bond acceptors (Lipinski definition) is 6. The normalized spacial score (nSPS) is 14.9. The van der Waals surface area contributed by atoms with Gasteiger partial charge in [0.25, 0.3) is 5.69 Å². The van der Waals surface area contributed by atoms with Crippen molar-refractivity contribution < 1.29 is 14.5 Å². The fraction of sp³-hybridized carbons (Fsp3) is 0.467. The van der Waals surface area contributed by atoms with Crippen molar-refractivity contribution in [1.29, 1.82) is 5.26 Å². The van der Waals surface area contributed by atoms with Crippen molar-refractivity contribution in [2.45, 2.75) is 25.8 Å². The fourth-order valence-electron chi connectivity index (χ4n) is 2.52. The number of benzene rings is 1. The summed E-state index contributed by atoms with van der Waals surface area (Å²) in [6.07, 6.45) is 1.03. The van der Waals surface area contributed by atoms with Crippen molar-refractivity contribution in [3.05, 3.63) is 33.9 Å². The SMILES string of the molecule is CCOC(=O)N1CCC(Nc2ccc(C#N)cc2[N+](=O)[O-])CC1. The van der Waals surface area contributed by atoms with E-state index in [1.165, 1.54) is 6.07 Å². The van der Waals surface area contributed by atoms with Crippen LogP contribution in [0, 0.1) is 21.4 Å². The Labute approximate surface area is 133 Å². The van der Waals surface area contributed by atoms with Gasteiger partial charge >= 0.3 is 6.09 Å². The highest BCUT2D eigenvalue weighted by Crippen LogP contribution is 2.27. The summed E-state index contributed by atoms with van der Waals surface area (Å²) in [5, 5.41) is 23.1. The molecule has 1 aliphatic rings. The van der Waals surface area contributed by atoms with Gasteiger partial charge in [-0.3, -0.25) is 10.1 Å². The molecule has 122 valence electrons. The Hall–Kier alpha value is -2.82. The monoisotopic (exact) mass is 318 g/mol. The molecule has 1 aromatic rings. The molecule has 8 heteroatoms. The van der Waals surface area contributed by atoms with Crippen LogP contribution in [0.15, 0.2) is 18.2 Å². The van der Waals surface area contributed by atoms with Gasteiger partial charge in [-0.2, -0.15) is 5.26 Å². The summed E-state index contributed by atoms with van der Waals surface area (Å²) in [5.74, 6) is 0. The Morgan fingerprint density at radius 2 is 2.22 bits per heavy atom. The molecule has 1 saturated heterocycles. The fourth-order valence-corrected chi connectivity index (χ4v) is 2.52. The first-order chi connectivity index (χ1) is 11.0. The predicted octanol–water partition coefficient (Wildman–Crippen LogP) is 2.50. The number of carbonyl (C=O) groups excluding carboxylic acids is 1. The number of nitro benzene ring substituents is 1. The summed E-state index contributed by atoms with van der Waals surface area (Å²) >= 11 is 0. The van der Waals surface area contributed by atoms with Crippen molar-refractivity contribution in [1.82, 2.24) is 4.90 Å². The van der Waals surface area contributed by atoms with Crippen LogP contribution in [0.4, 0.5) is 16.2 Å². The van der Waals surface area contributed by atoms with Crippen molar-refractivity contribution in [2.24, 2.45) is 0 Å². The number of likely N-dealkylation sites (tertiary alicyclic amines) is 1. The molecule has 1 amide bonds. The predicted molar refractivity (Wildman–Crippen MR) is 83.1 cm³/mol. The standard InChI is InChI=1S/C15H18N4O4/c1-2-23-15(20)18-7-5-12(6-8-18)17-13-4-3-11(10-16)9-14(13)19(21)22/h3-4,9,12,17H,2,5-8H2,1H3. The Morgan fingerprint density at radius 1 is 1.52 bits per heavy atom. The number of anilines is 1. The Bertz CT molecular complexity index is 633. The maximum Gasteiger partial charge on any atom is 0.409 e. The van der Waals surface area contributed by atoms with Crippen molar-refractivity contribution in [3.63, 3.8) is 0 Å². The van der Waals surface area contributed by atoms with E-state index in [0.717, 1.165) is 0 Å². The van der Waals surface area contributed by atoms with Gasteiger partial charge in [-0.15, -0.1) is 0 Å². The minimum atomic E-state index is -0.503. The number of rotatable bonds is 4. The van der Waals surface area contributed by atoms with Gasteiger partial charge in [0.05, 0.1) is 23.2 Å². The molecular weight excluding hydrogens is 300 g/mol. The van der Waals surface area contributed by atoms with E-state index in [1.807, 2.05) is 6.07 Å². The summed E-state index contributed by atoms with van der Waals surface area (Å²) in [6.45, 7) is 3.19. The van der Waals surface area contributed by atoms with Gasteiger partial charge in [0.1, 0.15) is 5.69 Å². The number of piperidine rings is 1. The highest BCUT2D eigenvalue weighted by Gasteiger charge is 2.25. The average molecular weight is 318 g/mol. The lowest BCUT2D eigenvalue weighted by molar-refractivity contribution is -0.384. The van der Waals surface area contributed by atoms with Gasteiger partial charge in [0.15, 0.2) is 0 Å². The van der Waals surface area contributed by atoms with E-state index in [2.05, 4.69) is 5.32 Å². The summed E-state index contributed by atoms with van der Waals surface area (Å²) in [6, 6.07) is 6.28. The van der Waals surface area contributed by atoms with Crippen LogP contribution in [0.1, 0.15) is 25.3 Å². The third kappa shape index (κ3) is 4.10. The maximum atomic E-state index is 11.6. The van der Waals surface area contributed by atoms with Gasteiger partial charge in [-0.25, -0.2) is 4.79 Å². The van der Waals surface area contributed by atoms with Gasteiger partial charge in [0, 0.05) is 25.2 Å². The van der Waals surface area contributed by atoms with Gasteiger partial charge in [-0.05, 0) is 31.9 Å². The highest BCUT2D eigenvalue weighted by atomic mass is 16.6. The number of nitrogens with zero attached hydrogens (tertiary/aromatic N) is 3. The molecule has 0 spiro atoms. The summed E-state index contributed by atoms with van der Waals surface area (Å²) in [7, 11) is 0. The van der Waals surface area contributed by atoms with E-state index in [0.29, 0.717) is 38.2 Å². The molecule has 0 aliphatic carbocycles. The molecule has 1 fully saturated rings. The van der Waals surface area contributed by atoms with Gasteiger partial charge in [-0.1, -0.05) is 0 Å². The molecule has 1 aromatic carbocycles. The second-order valence-corrected chi connectivity index (χ2v) is 5.21. The molecule has 8 nitrogen and oxygen atoms in total. The number of nitro groups is 1. The minimum Gasteiger partial charge on any atom is -0.450 e. The number of nitriles is 1. The number of nitrogens with one attached hydrogen (secondary N) is 1. The molecule has 23 heavy (non-hydrogen) atoms.